The van der Waals surface area contributed by atoms with Crippen molar-refractivity contribution < 1.29 is 5.11 Å². The molecule has 0 heterocycles. The molecule has 3 rings (SSSR count). The molecule has 1 fully saturated rings. The zero-order chi connectivity index (χ0) is 14.2. The van der Waals surface area contributed by atoms with Crippen molar-refractivity contribution in [2.75, 3.05) is 0 Å². The van der Waals surface area contributed by atoms with Gasteiger partial charge in [-0.25, -0.2) is 0 Å². The molecular weight excluding hydrogens is 244 g/mol. The average molecular weight is 272 g/mol. The first-order chi connectivity index (χ1) is 9.55. The van der Waals surface area contributed by atoms with Gasteiger partial charge in [0.05, 0.1) is 6.10 Å². The van der Waals surface area contributed by atoms with E-state index in [1.807, 2.05) is 0 Å². The molecule has 110 valence electrons. The van der Waals surface area contributed by atoms with E-state index in [-0.39, 0.29) is 11.5 Å². The molecule has 1 unspecified atom stereocenters. The number of fused-ring (bicyclic) bond motifs is 1. The summed E-state index contributed by atoms with van der Waals surface area (Å²) in [5, 5.41) is 10.6. The molecule has 0 saturated heterocycles. The summed E-state index contributed by atoms with van der Waals surface area (Å²) in [4.78, 5) is 0. The fourth-order valence-corrected chi connectivity index (χ4v) is 4.05. The number of aliphatic hydroxyl groups excluding tert-OH is 1. The number of aliphatic hydroxyl groups is 1. The Labute approximate surface area is 123 Å². The van der Waals surface area contributed by atoms with Gasteiger partial charge in [-0.1, -0.05) is 51.3 Å². The van der Waals surface area contributed by atoms with Gasteiger partial charge in [0, 0.05) is 0 Å². The van der Waals surface area contributed by atoms with Crippen molar-refractivity contribution in [3.63, 3.8) is 0 Å². The fraction of sp³-hybridized carbons (Fsp3) is 0.684. The predicted octanol–water partition coefficient (Wildman–Crippen LogP) is 5.13. The molecular formula is C19H28O. The number of aryl methyl sites for hydroxylation is 1. The van der Waals surface area contributed by atoms with Gasteiger partial charge in [0.25, 0.3) is 0 Å². The van der Waals surface area contributed by atoms with Gasteiger partial charge in [-0.2, -0.15) is 0 Å². The average Bonchev–Trinajstić information content (AvgIpc) is 2.56. The van der Waals surface area contributed by atoms with Crippen LogP contribution in [0.25, 0.3) is 0 Å². The predicted molar refractivity (Wildman–Crippen MR) is 83.9 cm³/mol. The van der Waals surface area contributed by atoms with Gasteiger partial charge in [-0.05, 0) is 60.1 Å². The van der Waals surface area contributed by atoms with Crippen LogP contribution < -0.4 is 0 Å². The highest BCUT2D eigenvalue weighted by Gasteiger charge is 2.29. The van der Waals surface area contributed by atoms with E-state index in [1.165, 1.54) is 55.2 Å². The van der Waals surface area contributed by atoms with E-state index in [9.17, 15) is 5.11 Å². The van der Waals surface area contributed by atoms with Crippen molar-refractivity contribution >= 4 is 0 Å². The van der Waals surface area contributed by atoms with Crippen LogP contribution in [0.15, 0.2) is 18.2 Å². The summed E-state index contributed by atoms with van der Waals surface area (Å²) >= 11 is 0. The van der Waals surface area contributed by atoms with Crippen LogP contribution in [0.4, 0.5) is 0 Å². The van der Waals surface area contributed by atoms with Crippen LogP contribution in [0.1, 0.15) is 87.5 Å². The molecule has 0 aliphatic heterocycles. The van der Waals surface area contributed by atoms with Gasteiger partial charge in [-0.15, -0.1) is 0 Å². The fourth-order valence-electron chi connectivity index (χ4n) is 4.05. The monoisotopic (exact) mass is 272 g/mol. The van der Waals surface area contributed by atoms with Crippen molar-refractivity contribution in [2.45, 2.75) is 77.2 Å². The minimum Gasteiger partial charge on any atom is -0.388 e. The third-order valence-corrected chi connectivity index (χ3v) is 5.42. The maximum Gasteiger partial charge on any atom is 0.0797 e. The molecule has 1 nitrogen and oxygen atoms in total. The molecule has 1 heteroatoms. The number of hydrogen-bond acceptors (Lipinski definition) is 1. The van der Waals surface area contributed by atoms with Crippen LogP contribution in [0.5, 0.6) is 0 Å². The van der Waals surface area contributed by atoms with Crippen LogP contribution in [0.3, 0.4) is 0 Å². The Morgan fingerprint density at radius 1 is 1.10 bits per heavy atom. The molecule has 2 aliphatic carbocycles. The normalized spacial score (nSPS) is 26.9. The largest absolute Gasteiger partial charge is 0.388 e. The summed E-state index contributed by atoms with van der Waals surface area (Å²) in [7, 11) is 0. The second-order valence-corrected chi connectivity index (χ2v) is 7.68. The van der Waals surface area contributed by atoms with Crippen LogP contribution in [-0.4, -0.2) is 5.11 Å². The van der Waals surface area contributed by atoms with Crippen LogP contribution >= 0.6 is 0 Å². The summed E-state index contributed by atoms with van der Waals surface area (Å²) in [6.45, 7) is 4.56. The van der Waals surface area contributed by atoms with Gasteiger partial charge in [0.1, 0.15) is 0 Å². The van der Waals surface area contributed by atoms with E-state index in [0.717, 1.165) is 18.8 Å². The molecule has 1 atom stereocenters. The highest BCUT2D eigenvalue weighted by atomic mass is 16.3. The lowest BCUT2D eigenvalue weighted by Gasteiger charge is -2.25. The first-order valence-corrected chi connectivity index (χ1v) is 8.36. The van der Waals surface area contributed by atoms with Crippen molar-refractivity contribution in [2.24, 2.45) is 5.41 Å². The molecule has 1 aromatic carbocycles. The Morgan fingerprint density at radius 3 is 2.60 bits per heavy atom. The number of benzene rings is 1. The van der Waals surface area contributed by atoms with E-state index in [2.05, 4.69) is 32.0 Å². The van der Waals surface area contributed by atoms with Gasteiger partial charge in [0.15, 0.2) is 0 Å². The first kappa shape index (κ1) is 14.1. The maximum absolute atomic E-state index is 10.6. The van der Waals surface area contributed by atoms with Crippen molar-refractivity contribution in [3.8, 4) is 0 Å². The van der Waals surface area contributed by atoms with Gasteiger partial charge < -0.3 is 5.11 Å². The minimum absolute atomic E-state index is 0.253. The van der Waals surface area contributed by atoms with E-state index < -0.39 is 0 Å². The zero-order valence-electron chi connectivity index (χ0n) is 13.0. The molecule has 20 heavy (non-hydrogen) atoms. The molecule has 0 aromatic heterocycles. The third-order valence-electron chi connectivity index (χ3n) is 5.42. The zero-order valence-corrected chi connectivity index (χ0v) is 13.0. The van der Waals surface area contributed by atoms with Crippen LogP contribution in [-0.2, 0) is 6.42 Å². The lowest BCUT2D eigenvalue weighted by molar-refractivity contribution is 0.116. The lowest BCUT2D eigenvalue weighted by Crippen LogP contribution is -2.13. The molecule has 1 saturated carbocycles. The molecule has 1 aromatic rings. The number of hydrogen-bond donors (Lipinski definition) is 1. The Kier molecular flexibility index (Phi) is 3.90. The first-order valence-electron chi connectivity index (χ1n) is 8.36. The van der Waals surface area contributed by atoms with Crippen LogP contribution in [0, 0.1) is 5.41 Å². The van der Waals surface area contributed by atoms with E-state index in [0.29, 0.717) is 0 Å². The van der Waals surface area contributed by atoms with E-state index in [4.69, 9.17) is 0 Å². The standard InChI is InChI=1S/C19H28O/c1-19(2)11-10-15-8-9-16(12-17(15)18(20)13-19)14-6-4-3-5-7-14/h8-9,12,14,18,20H,3-7,10-11,13H2,1-2H3. The third kappa shape index (κ3) is 2.93. The Bertz CT molecular complexity index is 469. The second kappa shape index (κ2) is 5.52. The van der Waals surface area contributed by atoms with Crippen LogP contribution in [0.2, 0.25) is 0 Å². The van der Waals surface area contributed by atoms with Gasteiger partial charge >= 0.3 is 0 Å². The van der Waals surface area contributed by atoms with E-state index in [1.54, 1.807) is 0 Å². The smallest absolute Gasteiger partial charge is 0.0797 e. The Hall–Kier alpha value is -0.820. The van der Waals surface area contributed by atoms with Gasteiger partial charge in [0.2, 0.25) is 0 Å². The SMILES string of the molecule is CC1(C)CCc2ccc(C3CCCCC3)cc2C(O)C1. The number of rotatable bonds is 1. The lowest BCUT2D eigenvalue weighted by atomic mass is 9.82. The molecule has 0 radical (unpaired) electrons. The quantitative estimate of drug-likeness (QED) is 0.703. The Balaban J connectivity index is 1.88. The second-order valence-electron chi connectivity index (χ2n) is 7.68. The van der Waals surface area contributed by atoms with Crippen molar-refractivity contribution in [3.05, 3.63) is 34.9 Å². The maximum atomic E-state index is 10.6. The molecule has 1 N–H and O–H groups in total. The minimum atomic E-state index is -0.272. The highest BCUT2D eigenvalue weighted by Crippen LogP contribution is 2.41. The molecule has 2 aliphatic rings. The molecule has 0 spiro atoms. The van der Waals surface area contributed by atoms with E-state index >= 15 is 0 Å². The van der Waals surface area contributed by atoms with Crippen molar-refractivity contribution in [1.29, 1.82) is 0 Å². The molecule has 0 bridgehead atoms. The summed E-state index contributed by atoms with van der Waals surface area (Å²) in [5.41, 5.74) is 4.33. The Morgan fingerprint density at radius 2 is 1.85 bits per heavy atom. The highest BCUT2D eigenvalue weighted by molar-refractivity contribution is 5.36. The van der Waals surface area contributed by atoms with Crippen molar-refractivity contribution in [1.82, 2.24) is 0 Å². The topological polar surface area (TPSA) is 20.2 Å². The molecule has 0 amide bonds. The summed E-state index contributed by atoms with van der Waals surface area (Å²) < 4.78 is 0. The summed E-state index contributed by atoms with van der Waals surface area (Å²) in [6.07, 6.45) is 9.73. The summed E-state index contributed by atoms with van der Waals surface area (Å²) in [5.74, 6) is 0.734. The van der Waals surface area contributed by atoms with Gasteiger partial charge in [-0.3, -0.25) is 0 Å². The summed E-state index contributed by atoms with van der Waals surface area (Å²) in [6, 6.07) is 6.96.